The van der Waals surface area contributed by atoms with E-state index >= 15 is 0 Å². The fraction of sp³-hybridized carbons (Fsp3) is 0.857. The number of hydrogen-bond acceptors (Lipinski definition) is 3. The van der Waals surface area contributed by atoms with Crippen molar-refractivity contribution in [3.63, 3.8) is 0 Å². The van der Waals surface area contributed by atoms with Crippen LogP contribution in [0.2, 0.25) is 0 Å². The van der Waals surface area contributed by atoms with E-state index in [4.69, 9.17) is 5.73 Å². The molecule has 0 aromatic heterocycles. The van der Waals surface area contributed by atoms with Gasteiger partial charge >= 0.3 is 0 Å². The number of rotatable bonds is 3. The molecule has 0 aromatic rings. The summed E-state index contributed by atoms with van der Waals surface area (Å²) in [5.41, 5.74) is 5.22. The van der Waals surface area contributed by atoms with Crippen molar-refractivity contribution >= 4 is 27.2 Å². The van der Waals surface area contributed by atoms with Gasteiger partial charge in [-0.25, -0.2) is 8.42 Å². The van der Waals surface area contributed by atoms with Crippen molar-refractivity contribution in [2.75, 3.05) is 12.3 Å². The Morgan fingerprint density at radius 1 is 1.69 bits per heavy atom. The van der Waals surface area contributed by atoms with Crippen LogP contribution in [-0.4, -0.2) is 36.1 Å². The molecule has 0 amide bonds. The Kier molecular flexibility index (Phi) is 3.26. The second-order valence-corrected chi connectivity index (χ2v) is 5.77. The van der Waals surface area contributed by atoms with Gasteiger partial charge in [0, 0.05) is 12.6 Å². The summed E-state index contributed by atoms with van der Waals surface area (Å²) in [5, 5.41) is 0. The lowest BCUT2D eigenvalue weighted by molar-refractivity contribution is 0.411. The summed E-state index contributed by atoms with van der Waals surface area (Å²) in [6.45, 7) is 2.51. The van der Waals surface area contributed by atoms with E-state index in [1.165, 1.54) is 4.31 Å². The minimum atomic E-state index is -3.24. The first-order valence-electron chi connectivity index (χ1n) is 4.21. The van der Waals surface area contributed by atoms with Crippen LogP contribution in [0.5, 0.6) is 0 Å². The van der Waals surface area contributed by atoms with Crippen LogP contribution in [-0.2, 0) is 10.0 Å². The maximum atomic E-state index is 11.6. The fourth-order valence-electron chi connectivity index (χ4n) is 1.58. The molecule has 0 aromatic carbocycles. The van der Waals surface area contributed by atoms with Gasteiger partial charge in [0.05, 0.1) is 4.99 Å². The molecule has 1 aliphatic heterocycles. The molecule has 76 valence electrons. The molecule has 1 aliphatic rings. The molecule has 6 heteroatoms. The van der Waals surface area contributed by atoms with E-state index in [1.807, 2.05) is 6.92 Å². The van der Waals surface area contributed by atoms with Gasteiger partial charge in [-0.2, -0.15) is 4.31 Å². The van der Waals surface area contributed by atoms with E-state index < -0.39 is 10.0 Å². The molecule has 0 aliphatic carbocycles. The summed E-state index contributed by atoms with van der Waals surface area (Å²) in [7, 11) is -3.24. The van der Waals surface area contributed by atoms with Gasteiger partial charge in [0.2, 0.25) is 10.0 Å². The molecule has 0 bridgehead atoms. The average Bonchev–Trinajstić information content (AvgIpc) is 2.32. The van der Waals surface area contributed by atoms with Crippen LogP contribution >= 0.6 is 12.2 Å². The Balaban J connectivity index is 2.74. The fourth-order valence-corrected chi connectivity index (χ4v) is 3.62. The summed E-state index contributed by atoms with van der Waals surface area (Å²) >= 11 is 4.59. The van der Waals surface area contributed by atoms with Crippen molar-refractivity contribution in [2.24, 2.45) is 5.73 Å². The van der Waals surface area contributed by atoms with E-state index in [9.17, 15) is 8.42 Å². The van der Waals surface area contributed by atoms with E-state index in [0.29, 0.717) is 6.54 Å². The number of nitrogens with zero attached hydrogens (tertiary/aromatic N) is 1. The summed E-state index contributed by atoms with van der Waals surface area (Å²) in [6, 6.07) is 0.0966. The van der Waals surface area contributed by atoms with Gasteiger partial charge in [-0.15, -0.1) is 0 Å². The molecular weight excluding hydrogens is 208 g/mol. The standard InChI is InChI=1S/C7H14N2O2S2/c1-6-3-2-4-9(6)13(10,11)5-7(8)12/h6H,2-5H2,1H3,(H2,8,12). The Hall–Kier alpha value is -0.200. The highest BCUT2D eigenvalue weighted by Crippen LogP contribution is 2.20. The Labute approximate surface area is 84.1 Å². The topological polar surface area (TPSA) is 63.4 Å². The minimum absolute atomic E-state index is 0.0408. The third-order valence-corrected chi connectivity index (χ3v) is 4.43. The average molecular weight is 222 g/mol. The lowest BCUT2D eigenvalue weighted by Gasteiger charge is -2.20. The molecule has 0 radical (unpaired) electrons. The van der Waals surface area contributed by atoms with Crippen LogP contribution in [0, 0.1) is 0 Å². The summed E-state index contributed by atoms with van der Waals surface area (Å²) in [6.07, 6.45) is 1.86. The van der Waals surface area contributed by atoms with Crippen LogP contribution in [0.15, 0.2) is 0 Å². The van der Waals surface area contributed by atoms with Crippen molar-refractivity contribution < 1.29 is 8.42 Å². The Morgan fingerprint density at radius 2 is 2.31 bits per heavy atom. The van der Waals surface area contributed by atoms with Crippen LogP contribution in [0.1, 0.15) is 19.8 Å². The molecule has 1 atom stereocenters. The highest BCUT2D eigenvalue weighted by atomic mass is 32.2. The van der Waals surface area contributed by atoms with Crippen molar-refractivity contribution in [3.8, 4) is 0 Å². The van der Waals surface area contributed by atoms with Crippen molar-refractivity contribution in [1.82, 2.24) is 4.31 Å². The molecule has 0 saturated carbocycles. The molecule has 1 rings (SSSR count). The SMILES string of the molecule is CC1CCCN1S(=O)(=O)CC(N)=S. The van der Waals surface area contributed by atoms with Crippen molar-refractivity contribution in [1.29, 1.82) is 0 Å². The molecule has 1 saturated heterocycles. The second kappa shape index (κ2) is 3.89. The van der Waals surface area contributed by atoms with E-state index in [-0.39, 0.29) is 16.8 Å². The Morgan fingerprint density at radius 3 is 2.69 bits per heavy atom. The van der Waals surface area contributed by atoms with E-state index in [1.54, 1.807) is 0 Å². The van der Waals surface area contributed by atoms with Crippen LogP contribution in [0.4, 0.5) is 0 Å². The molecule has 13 heavy (non-hydrogen) atoms. The minimum Gasteiger partial charge on any atom is -0.392 e. The van der Waals surface area contributed by atoms with Gasteiger partial charge < -0.3 is 5.73 Å². The highest BCUT2D eigenvalue weighted by Gasteiger charge is 2.31. The number of hydrogen-bond donors (Lipinski definition) is 1. The Bertz CT molecular complexity index is 300. The third-order valence-electron chi connectivity index (χ3n) is 2.17. The van der Waals surface area contributed by atoms with Gasteiger partial charge in [0.15, 0.2) is 0 Å². The zero-order chi connectivity index (χ0) is 10.1. The van der Waals surface area contributed by atoms with Crippen LogP contribution in [0.3, 0.4) is 0 Å². The van der Waals surface area contributed by atoms with Gasteiger partial charge in [0.25, 0.3) is 0 Å². The molecule has 1 fully saturated rings. The molecule has 1 unspecified atom stereocenters. The first-order valence-corrected chi connectivity index (χ1v) is 6.23. The largest absolute Gasteiger partial charge is 0.392 e. The maximum Gasteiger partial charge on any atom is 0.220 e. The summed E-state index contributed by atoms with van der Waals surface area (Å²) in [5.74, 6) is -0.202. The van der Waals surface area contributed by atoms with E-state index in [0.717, 1.165) is 12.8 Å². The number of sulfonamides is 1. The maximum absolute atomic E-state index is 11.6. The van der Waals surface area contributed by atoms with Gasteiger partial charge in [0.1, 0.15) is 5.75 Å². The highest BCUT2D eigenvalue weighted by molar-refractivity contribution is 7.92. The normalized spacial score (nSPS) is 24.8. The second-order valence-electron chi connectivity index (χ2n) is 3.32. The zero-order valence-corrected chi connectivity index (χ0v) is 9.20. The van der Waals surface area contributed by atoms with Crippen LogP contribution < -0.4 is 5.73 Å². The first-order chi connectivity index (χ1) is 5.93. The lowest BCUT2D eigenvalue weighted by Crippen LogP contribution is -2.38. The van der Waals surface area contributed by atoms with Crippen molar-refractivity contribution in [3.05, 3.63) is 0 Å². The smallest absolute Gasteiger partial charge is 0.220 e. The predicted octanol–water partition coefficient (Wildman–Crippen LogP) is 0.0866. The number of thiocarbonyl (C=S) groups is 1. The lowest BCUT2D eigenvalue weighted by atomic mass is 10.3. The monoisotopic (exact) mass is 222 g/mol. The number of nitrogens with two attached hydrogens (primary N) is 1. The summed E-state index contributed by atoms with van der Waals surface area (Å²) < 4.78 is 24.7. The van der Waals surface area contributed by atoms with Gasteiger partial charge in [-0.1, -0.05) is 12.2 Å². The van der Waals surface area contributed by atoms with Gasteiger partial charge in [-0.3, -0.25) is 0 Å². The molecule has 1 heterocycles. The summed E-state index contributed by atoms with van der Waals surface area (Å²) in [4.78, 5) is 0.0408. The molecule has 4 nitrogen and oxygen atoms in total. The first kappa shape index (κ1) is 10.9. The molecular formula is C7H14N2O2S2. The van der Waals surface area contributed by atoms with Crippen molar-refractivity contribution in [2.45, 2.75) is 25.8 Å². The molecule has 0 spiro atoms. The van der Waals surface area contributed by atoms with Crippen LogP contribution in [0.25, 0.3) is 0 Å². The quantitative estimate of drug-likeness (QED) is 0.687. The van der Waals surface area contributed by atoms with E-state index in [2.05, 4.69) is 12.2 Å². The predicted molar refractivity (Wildman–Crippen MR) is 56.0 cm³/mol. The zero-order valence-electron chi connectivity index (χ0n) is 7.56. The molecule has 2 N–H and O–H groups in total. The van der Waals surface area contributed by atoms with Gasteiger partial charge in [-0.05, 0) is 19.8 Å². The third kappa shape index (κ3) is 2.62.